The number of benzene rings is 1. The molecule has 7 nitrogen and oxygen atoms in total. The van der Waals surface area contributed by atoms with Gasteiger partial charge in [-0.15, -0.1) is 5.10 Å². The van der Waals surface area contributed by atoms with E-state index in [1.807, 2.05) is 24.3 Å². The Labute approximate surface area is 104 Å². The van der Waals surface area contributed by atoms with Crippen molar-refractivity contribution in [3.8, 4) is 5.75 Å². The minimum absolute atomic E-state index is 0.318. The van der Waals surface area contributed by atoms with E-state index in [0.717, 1.165) is 17.7 Å². The number of anilines is 1. The zero-order valence-electron chi connectivity index (χ0n) is 10.00. The SMILES string of the molecule is CCCOc1ccccc1/C=N/Nc1nn[nH]n1. The van der Waals surface area contributed by atoms with Crippen LogP contribution in [0.4, 0.5) is 5.95 Å². The molecule has 0 aliphatic carbocycles. The van der Waals surface area contributed by atoms with Gasteiger partial charge in [-0.2, -0.15) is 10.3 Å². The van der Waals surface area contributed by atoms with Gasteiger partial charge in [0.2, 0.25) is 0 Å². The summed E-state index contributed by atoms with van der Waals surface area (Å²) < 4.78 is 5.61. The van der Waals surface area contributed by atoms with Gasteiger partial charge in [-0.1, -0.05) is 24.2 Å². The fourth-order valence-corrected chi connectivity index (χ4v) is 1.30. The molecule has 0 aliphatic rings. The Bertz CT molecular complexity index is 496. The Morgan fingerprint density at radius 1 is 1.44 bits per heavy atom. The number of aromatic amines is 1. The monoisotopic (exact) mass is 246 g/mol. The maximum atomic E-state index is 5.61. The van der Waals surface area contributed by atoms with Crippen LogP contribution in [-0.2, 0) is 0 Å². The molecule has 2 N–H and O–H groups in total. The van der Waals surface area contributed by atoms with E-state index in [-0.39, 0.29) is 0 Å². The largest absolute Gasteiger partial charge is 0.493 e. The van der Waals surface area contributed by atoms with Gasteiger partial charge in [0.15, 0.2) is 0 Å². The van der Waals surface area contributed by atoms with E-state index >= 15 is 0 Å². The molecule has 2 rings (SSSR count). The summed E-state index contributed by atoms with van der Waals surface area (Å²) in [5.74, 6) is 1.12. The highest BCUT2D eigenvalue weighted by molar-refractivity contribution is 5.83. The Morgan fingerprint density at radius 3 is 3.11 bits per heavy atom. The molecule has 1 aromatic carbocycles. The summed E-state index contributed by atoms with van der Waals surface area (Å²) in [4.78, 5) is 0. The molecule has 0 aliphatic heterocycles. The van der Waals surface area contributed by atoms with Crippen molar-refractivity contribution in [1.82, 2.24) is 20.6 Å². The molecule has 0 radical (unpaired) electrons. The van der Waals surface area contributed by atoms with Crippen LogP contribution in [-0.4, -0.2) is 33.4 Å². The second-order valence-corrected chi connectivity index (χ2v) is 3.49. The van der Waals surface area contributed by atoms with Gasteiger partial charge < -0.3 is 4.74 Å². The zero-order valence-corrected chi connectivity index (χ0v) is 10.00. The van der Waals surface area contributed by atoms with Gasteiger partial charge in [0.1, 0.15) is 5.75 Å². The maximum absolute atomic E-state index is 5.61. The lowest BCUT2D eigenvalue weighted by Gasteiger charge is -2.06. The number of hydrogen-bond donors (Lipinski definition) is 2. The van der Waals surface area contributed by atoms with E-state index in [4.69, 9.17) is 4.74 Å². The molecule has 18 heavy (non-hydrogen) atoms. The number of rotatable bonds is 6. The van der Waals surface area contributed by atoms with E-state index < -0.39 is 0 Å². The number of tetrazole rings is 1. The lowest BCUT2D eigenvalue weighted by molar-refractivity contribution is 0.317. The first kappa shape index (κ1) is 12.0. The van der Waals surface area contributed by atoms with Crippen molar-refractivity contribution < 1.29 is 4.74 Å². The summed E-state index contributed by atoms with van der Waals surface area (Å²) in [5.41, 5.74) is 3.55. The second kappa shape index (κ2) is 6.33. The predicted molar refractivity (Wildman–Crippen MR) is 67.6 cm³/mol. The highest BCUT2D eigenvalue weighted by Crippen LogP contribution is 2.15. The number of H-pyrrole nitrogens is 1. The van der Waals surface area contributed by atoms with Gasteiger partial charge in [-0.25, -0.2) is 5.43 Å². The average molecular weight is 246 g/mol. The summed E-state index contributed by atoms with van der Waals surface area (Å²) in [5, 5.41) is 17.2. The predicted octanol–water partition coefficient (Wildman–Crippen LogP) is 1.43. The lowest BCUT2D eigenvalue weighted by Crippen LogP contribution is -1.99. The number of aromatic nitrogens is 4. The standard InChI is InChI=1S/C11H14N6O/c1-2-7-18-10-6-4-3-5-9(10)8-12-13-11-14-16-17-15-11/h3-6,8H,2,7H2,1H3,(H2,13,14,15,16,17)/b12-8+. The molecule has 0 amide bonds. The van der Waals surface area contributed by atoms with Crippen molar-refractivity contribution in [3.05, 3.63) is 29.8 Å². The third-order valence-corrected chi connectivity index (χ3v) is 2.09. The Hall–Kier alpha value is -2.44. The number of nitrogens with zero attached hydrogens (tertiary/aromatic N) is 4. The number of para-hydroxylation sites is 1. The van der Waals surface area contributed by atoms with Crippen molar-refractivity contribution in [2.24, 2.45) is 5.10 Å². The first-order chi connectivity index (χ1) is 8.90. The molecule has 0 atom stereocenters. The molecular formula is C11H14N6O. The normalized spacial score (nSPS) is 10.7. The molecule has 0 bridgehead atoms. The molecule has 0 unspecified atom stereocenters. The summed E-state index contributed by atoms with van der Waals surface area (Å²) >= 11 is 0. The molecule has 1 aromatic heterocycles. The van der Waals surface area contributed by atoms with E-state index in [1.165, 1.54) is 0 Å². The van der Waals surface area contributed by atoms with E-state index in [9.17, 15) is 0 Å². The van der Waals surface area contributed by atoms with Crippen molar-refractivity contribution >= 4 is 12.2 Å². The molecule has 94 valence electrons. The molecule has 0 saturated carbocycles. The Kier molecular flexibility index (Phi) is 4.23. The fraction of sp³-hybridized carbons (Fsp3) is 0.273. The third kappa shape index (κ3) is 3.27. The van der Waals surface area contributed by atoms with Crippen LogP contribution in [0.2, 0.25) is 0 Å². The van der Waals surface area contributed by atoms with Crippen molar-refractivity contribution in [3.63, 3.8) is 0 Å². The molecule has 0 spiro atoms. The van der Waals surface area contributed by atoms with E-state index in [1.54, 1.807) is 6.21 Å². The van der Waals surface area contributed by atoms with Gasteiger partial charge in [0, 0.05) is 5.56 Å². The molecule has 1 heterocycles. The summed E-state index contributed by atoms with van der Waals surface area (Å²) in [6, 6.07) is 7.68. The van der Waals surface area contributed by atoms with Crippen molar-refractivity contribution in [2.45, 2.75) is 13.3 Å². The first-order valence-electron chi connectivity index (χ1n) is 5.64. The van der Waals surface area contributed by atoms with Gasteiger partial charge >= 0.3 is 0 Å². The van der Waals surface area contributed by atoms with E-state index in [2.05, 4.69) is 38.1 Å². The minimum atomic E-state index is 0.318. The van der Waals surface area contributed by atoms with Crippen LogP contribution < -0.4 is 10.2 Å². The van der Waals surface area contributed by atoms with Crippen LogP contribution in [0, 0.1) is 0 Å². The third-order valence-electron chi connectivity index (χ3n) is 2.09. The van der Waals surface area contributed by atoms with Crippen LogP contribution in [0.15, 0.2) is 29.4 Å². The topological polar surface area (TPSA) is 88.1 Å². The molecule has 7 heteroatoms. The lowest BCUT2D eigenvalue weighted by atomic mass is 10.2. The zero-order chi connectivity index (χ0) is 12.6. The van der Waals surface area contributed by atoms with Crippen LogP contribution in [0.3, 0.4) is 0 Å². The number of ether oxygens (including phenoxy) is 1. The van der Waals surface area contributed by atoms with Crippen LogP contribution in [0.1, 0.15) is 18.9 Å². The maximum Gasteiger partial charge on any atom is 0.283 e. The minimum Gasteiger partial charge on any atom is -0.493 e. The molecule has 0 fully saturated rings. The van der Waals surface area contributed by atoms with Crippen LogP contribution in [0.5, 0.6) is 5.75 Å². The Morgan fingerprint density at radius 2 is 2.33 bits per heavy atom. The summed E-state index contributed by atoms with van der Waals surface area (Å²) in [6.07, 6.45) is 2.62. The van der Waals surface area contributed by atoms with Crippen LogP contribution >= 0.6 is 0 Å². The molecule has 0 saturated heterocycles. The Balaban J connectivity index is 2.01. The van der Waals surface area contributed by atoms with E-state index in [0.29, 0.717) is 12.6 Å². The first-order valence-corrected chi connectivity index (χ1v) is 5.64. The second-order valence-electron chi connectivity index (χ2n) is 3.49. The van der Waals surface area contributed by atoms with Gasteiger partial charge in [0.05, 0.1) is 12.8 Å². The van der Waals surface area contributed by atoms with Crippen molar-refractivity contribution in [1.29, 1.82) is 0 Å². The highest BCUT2D eigenvalue weighted by atomic mass is 16.5. The molecule has 2 aromatic rings. The smallest absolute Gasteiger partial charge is 0.283 e. The summed E-state index contributed by atoms with van der Waals surface area (Å²) in [6.45, 7) is 2.75. The van der Waals surface area contributed by atoms with Crippen LogP contribution in [0.25, 0.3) is 0 Å². The fourth-order valence-electron chi connectivity index (χ4n) is 1.30. The van der Waals surface area contributed by atoms with Gasteiger partial charge in [-0.3, -0.25) is 0 Å². The van der Waals surface area contributed by atoms with Gasteiger partial charge in [0.25, 0.3) is 5.95 Å². The average Bonchev–Trinajstić information content (AvgIpc) is 2.91. The number of hydrogen-bond acceptors (Lipinski definition) is 6. The highest BCUT2D eigenvalue weighted by Gasteiger charge is 1.99. The van der Waals surface area contributed by atoms with Gasteiger partial charge in [-0.05, 0) is 23.8 Å². The molecular weight excluding hydrogens is 232 g/mol. The number of nitrogens with one attached hydrogen (secondary N) is 2. The quantitative estimate of drug-likeness (QED) is 0.594. The van der Waals surface area contributed by atoms with Crippen molar-refractivity contribution in [2.75, 3.05) is 12.0 Å². The summed E-state index contributed by atoms with van der Waals surface area (Å²) in [7, 11) is 0. The number of hydrazone groups is 1.